The molecule has 0 bridgehead atoms. The molecule has 0 saturated carbocycles. The molecule has 19 heavy (non-hydrogen) atoms. The van der Waals surface area contributed by atoms with Crippen LogP contribution in [0.5, 0.6) is 0 Å². The third-order valence-electron chi connectivity index (χ3n) is 3.30. The monoisotopic (exact) mass is 284 g/mol. The van der Waals surface area contributed by atoms with Gasteiger partial charge in [0.2, 0.25) is 0 Å². The number of rotatable bonds is 3. The molecular weight excluding hydrogens is 272 g/mol. The van der Waals surface area contributed by atoms with Crippen LogP contribution < -0.4 is 0 Å². The van der Waals surface area contributed by atoms with Crippen molar-refractivity contribution in [2.45, 2.75) is 5.25 Å². The molecule has 0 amide bonds. The van der Waals surface area contributed by atoms with E-state index in [1.54, 1.807) is 0 Å². The first kappa shape index (κ1) is 12.6. The first-order valence-corrected chi connectivity index (χ1v) is 7.91. The molecule has 3 aromatic rings. The molecule has 0 fully saturated rings. The molecule has 0 N–H and O–H groups in total. The highest BCUT2D eigenvalue weighted by Crippen LogP contribution is 2.40. The van der Waals surface area contributed by atoms with Crippen molar-refractivity contribution in [2.24, 2.45) is 0 Å². The number of hydrogen-bond donors (Lipinski definition) is 0. The molecule has 0 aliphatic carbocycles. The van der Waals surface area contributed by atoms with Gasteiger partial charge >= 0.3 is 0 Å². The summed E-state index contributed by atoms with van der Waals surface area (Å²) in [6.07, 6.45) is 0. The Kier molecular flexibility index (Phi) is 3.77. The number of benzene rings is 3. The van der Waals surface area contributed by atoms with E-state index in [9.17, 15) is 0 Å². The lowest BCUT2D eigenvalue weighted by atomic mass is 9.98. The van der Waals surface area contributed by atoms with Gasteiger partial charge in [-0.3, -0.25) is 0 Å². The summed E-state index contributed by atoms with van der Waals surface area (Å²) in [5, 5.41) is 2.69. The molecule has 3 aromatic carbocycles. The predicted octanol–water partition coefficient (Wildman–Crippen LogP) is 5.82. The summed E-state index contributed by atoms with van der Waals surface area (Å²) in [5.74, 6) is 0. The van der Waals surface area contributed by atoms with Gasteiger partial charge in [-0.1, -0.05) is 72.8 Å². The molecule has 1 unspecified atom stereocenters. The van der Waals surface area contributed by atoms with Gasteiger partial charge in [0.15, 0.2) is 0 Å². The van der Waals surface area contributed by atoms with Crippen molar-refractivity contribution in [3.63, 3.8) is 0 Å². The zero-order valence-electron chi connectivity index (χ0n) is 10.3. The molecule has 2 heteroatoms. The minimum Gasteiger partial charge on any atom is -0.0622 e. The zero-order valence-corrected chi connectivity index (χ0v) is 11.9. The van der Waals surface area contributed by atoms with Crippen LogP contribution in [0.25, 0.3) is 10.8 Å². The first-order valence-electron chi connectivity index (χ1n) is 6.20. The summed E-state index contributed by atoms with van der Waals surface area (Å²) < 4.78 is 0. The van der Waals surface area contributed by atoms with Crippen LogP contribution in [0.15, 0.2) is 72.8 Å². The highest BCUT2D eigenvalue weighted by Gasteiger charge is 2.16. The summed E-state index contributed by atoms with van der Waals surface area (Å²) in [4.78, 5) is 0. The summed E-state index contributed by atoms with van der Waals surface area (Å²) in [6, 6.07) is 25.2. The van der Waals surface area contributed by atoms with Crippen LogP contribution in [-0.4, -0.2) is 0 Å². The second-order valence-corrected chi connectivity index (χ2v) is 5.63. The van der Waals surface area contributed by atoms with E-state index < -0.39 is 0 Å². The van der Waals surface area contributed by atoms with E-state index in [-0.39, 0.29) is 5.25 Å². The average molecular weight is 285 g/mol. The third-order valence-corrected chi connectivity index (χ3v) is 4.54. The van der Waals surface area contributed by atoms with Gasteiger partial charge < -0.3 is 0 Å². The van der Waals surface area contributed by atoms with Crippen LogP contribution in [0.4, 0.5) is 0 Å². The fraction of sp³-hybridized carbons (Fsp3) is 0.0588. The smallest absolute Gasteiger partial charge is 0.0622 e. The van der Waals surface area contributed by atoms with E-state index in [1.165, 1.54) is 32.9 Å². The summed E-state index contributed by atoms with van der Waals surface area (Å²) >= 11 is 0. The quantitative estimate of drug-likeness (QED) is 0.584. The molecule has 0 radical (unpaired) electrons. The first-order chi connectivity index (χ1) is 9.40. The van der Waals surface area contributed by atoms with Gasteiger partial charge in [-0.05, 0) is 43.6 Å². The summed E-state index contributed by atoms with van der Waals surface area (Å²) in [6.45, 7) is 0. The van der Waals surface area contributed by atoms with Crippen molar-refractivity contribution < 1.29 is 0 Å². The van der Waals surface area contributed by atoms with E-state index >= 15 is 0 Å². The SMILES string of the molecule is ClSC(c1ccccc1)c1cccc2ccccc12. The minimum absolute atomic E-state index is 0.161. The fourth-order valence-corrected chi connectivity index (χ4v) is 3.54. The van der Waals surface area contributed by atoms with Gasteiger partial charge in [-0.25, -0.2) is 0 Å². The van der Waals surface area contributed by atoms with Crippen molar-refractivity contribution in [3.05, 3.63) is 83.9 Å². The Labute approximate surface area is 121 Å². The van der Waals surface area contributed by atoms with Crippen molar-refractivity contribution in [1.82, 2.24) is 0 Å². The average Bonchev–Trinajstić information content (AvgIpc) is 2.49. The Morgan fingerprint density at radius 1 is 0.737 bits per heavy atom. The van der Waals surface area contributed by atoms with Crippen molar-refractivity contribution >= 4 is 32.4 Å². The van der Waals surface area contributed by atoms with Crippen molar-refractivity contribution in [3.8, 4) is 0 Å². The Bertz CT molecular complexity index is 674. The van der Waals surface area contributed by atoms with Gasteiger partial charge in [0.1, 0.15) is 0 Å². The Morgan fingerprint density at radius 2 is 1.42 bits per heavy atom. The van der Waals surface area contributed by atoms with Gasteiger partial charge in [-0.2, -0.15) is 0 Å². The molecule has 0 nitrogen and oxygen atoms in total. The lowest BCUT2D eigenvalue weighted by molar-refractivity contribution is 1.18. The van der Waals surface area contributed by atoms with Gasteiger partial charge in [0, 0.05) is 0 Å². The predicted molar refractivity (Wildman–Crippen MR) is 85.7 cm³/mol. The van der Waals surface area contributed by atoms with Crippen LogP contribution in [-0.2, 0) is 0 Å². The third kappa shape index (κ3) is 2.49. The maximum absolute atomic E-state index is 6.15. The van der Waals surface area contributed by atoms with Gasteiger partial charge in [-0.15, -0.1) is 0 Å². The van der Waals surface area contributed by atoms with Gasteiger partial charge in [0.05, 0.1) is 5.25 Å². The lowest BCUT2D eigenvalue weighted by Crippen LogP contribution is -1.95. The highest BCUT2D eigenvalue weighted by atomic mass is 35.7. The van der Waals surface area contributed by atoms with Crippen LogP contribution in [0.2, 0.25) is 0 Å². The number of halogens is 1. The Hall–Kier alpha value is -1.44. The topological polar surface area (TPSA) is 0 Å². The van der Waals surface area contributed by atoms with E-state index in [0.717, 1.165) is 0 Å². The lowest BCUT2D eigenvalue weighted by Gasteiger charge is -2.16. The van der Waals surface area contributed by atoms with Crippen molar-refractivity contribution in [2.75, 3.05) is 0 Å². The maximum Gasteiger partial charge on any atom is 0.0704 e. The molecule has 0 aliphatic rings. The number of hydrogen-bond acceptors (Lipinski definition) is 1. The normalized spacial score (nSPS) is 12.5. The van der Waals surface area contributed by atoms with Crippen LogP contribution in [0.1, 0.15) is 16.4 Å². The second kappa shape index (κ2) is 5.68. The van der Waals surface area contributed by atoms with E-state index in [4.69, 9.17) is 10.7 Å². The summed E-state index contributed by atoms with van der Waals surface area (Å²) in [7, 11) is 7.52. The molecular formula is C17H13ClS. The van der Waals surface area contributed by atoms with Crippen LogP contribution in [0.3, 0.4) is 0 Å². The standard InChI is InChI=1S/C17H13ClS/c18-19-17(14-8-2-1-3-9-14)16-12-6-10-13-7-4-5-11-15(13)16/h1-12,17H. The molecule has 1 atom stereocenters. The summed E-state index contributed by atoms with van der Waals surface area (Å²) in [5.41, 5.74) is 2.50. The Balaban J connectivity index is 2.17. The van der Waals surface area contributed by atoms with E-state index in [1.807, 2.05) is 6.07 Å². The van der Waals surface area contributed by atoms with E-state index in [0.29, 0.717) is 0 Å². The van der Waals surface area contributed by atoms with E-state index in [2.05, 4.69) is 66.7 Å². The largest absolute Gasteiger partial charge is 0.0704 e. The van der Waals surface area contributed by atoms with Crippen molar-refractivity contribution in [1.29, 1.82) is 0 Å². The molecule has 0 aliphatic heterocycles. The molecule has 0 aromatic heterocycles. The molecule has 0 saturated heterocycles. The minimum atomic E-state index is 0.161. The maximum atomic E-state index is 6.15. The number of fused-ring (bicyclic) bond motifs is 1. The molecule has 0 spiro atoms. The highest BCUT2D eigenvalue weighted by molar-refractivity contribution is 8.21. The molecule has 3 rings (SSSR count). The second-order valence-electron chi connectivity index (χ2n) is 4.45. The Morgan fingerprint density at radius 3 is 2.21 bits per heavy atom. The van der Waals surface area contributed by atoms with Crippen LogP contribution in [0, 0.1) is 0 Å². The zero-order chi connectivity index (χ0) is 13.1. The fourth-order valence-electron chi connectivity index (χ4n) is 2.39. The van der Waals surface area contributed by atoms with Gasteiger partial charge in [0.25, 0.3) is 0 Å². The molecule has 0 heterocycles. The molecule has 94 valence electrons. The van der Waals surface area contributed by atoms with Crippen LogP contribution >= 0.6 is 21.7 Å².